The van der Waals surface area contributed by atoms with Gasteiger partial charge in [-0.05, 0) is 30.5 Å². The van der Waals surface area contributed by atoms with Gasteiger partial charge < -0.3 is 9.88 Å². The van der Waals surface area contributed by atoms with E-state index in [1.807, 2.05) is 0 Å². The standard InChI is InChI=1S/C12H22N2/c1-4-5-11(2)8-13-9-12-6-7-14(3)10-12/h6-7,10-11,13H,4-5,8-9H2,1-3H3. The van der Waals surface area contributed by atoms with Gasteiger partial charge in [-0.2, -0.15) is 0 Å². The summed E-state index contributed by atoms with van der Waals surface area (Å²) in [6.07, 6.45) is 6.86. The Morgan fingerprint density at radius 2 is 2.29 bits per heavy atom. The maximum atomic E-state index is 3.49. The molecule has 80 valence electrons. The Kier molecular flexibility index (Phi) is 4.74. The fourth-order valence-electron chi connectivity index (χ4n) is 1.72. The molecule has 0 fully saturated rings. The van der Waals surface area contributed by atoms with Crippen LogP contribution < -0.4 is 5.32 Å². The maximum absolute atomic E-state index is 3.49. The molecule has 0 bridgehead atoms. The van der Waals surface area contributed by atoms with E-state index in [9.17, 15) is 0 Å². The Morgan fingerprint density at radius 3 is 2.86 bits per heavy atom. The number of nitrogens with zero attached hydrogens (tertiary/aromatic N) is 1. The molecule has 0 spiro atoms. The normalized spacial score (nSPS) is 13.1. The molecule has 2 nitrogen and oxygen atoms in total. The van der Waals surface area contributed by atoms with Crippen molar-refractivity contribution in [1.82, 2.24) is 9.88 Å². The molecule has 1 N–H and O–H groups in total. The third-order valence-corrected chi connectivity index (χ3v) is 2.50. The molecule has 0 aliphatic rings. The first-order chi connectivity index (χ1) is 6.72. The van der Waals surface area contributed by atoms with Crippen LogP contribution in [0.25, 0.3) is 0 Å². The van der Waals surface area contributed by atoms with Crippen molar-refractivity contribution in [2.75, 3.05) is 6.54 Å². The van der Waals surface area contributed by atoms with Crippen LogP contribution in [-0.2, 0) is 13.6 Å². The number of rotatable bonds is 6. The van der Waals surface area contributed by atoms with Crippen LogP contribution in [0.1, 0.15) is 32.3 Å². The predicted octanol–water partition coefficient (Wildman–Crippen LogP) is 2.55. The van der Waals surface area contributed by atoms with Gasteiger partial charge in [-0.3, -0.25) is 0 Å². The number of aryl methyl sites for hydroxylation is 1. The van der Waals surface area contributed by atoms with E-state index >= 15 is 0 Å². The Morgan fingerprint density at radius 1 is 1.50 bits per heavy atom. The van der Waals surface area contributed by atoms with Gasteiger partial charge in [-0.15, -0.1) is 0 Å². The SMILES string of the molecule is CCCC(C)CNCc1ccn(C)c1. The molecule has 0 aliphatic heterocycles. The van der Waals surface area contributed by atoms with E-state index in [1.54, 1.807) is 0 Å². The Hall–Kier alpha value is -0.760. The molecule has 1 aromatic rings. The van der Waals surface area contributed by atoms with E-state index in [0.29, 0.717) is 0 Å². The molecule has 0 aliphatic carbocycles. The summed E-state index contributed by atoms with van der Waals surface area (Å²) in [6, 6.07) is 2.16. The molecular formula is C12H22N2. The fourth-order valence-corrected chi connectivity index (χ4v) is 1.72. The van der Waals surface area contributed by atoms with Crippen molar-refractivity contribution in [2.45, 2.75) is 33.2 Å². The van der Waals surface area contributed by atoms with Gasteiger partial charge in [-0.1, -0.05) is 20.3 Å². The van der Waals surface area contributed by atoms with Gasteiger partial charge in [-0.25, -0.2) is 0 Å². The van der Waals surface area contributed by atoms with Crippen LogP contribution >= 0.6 is 0 Å². The molecule has 1 rings (SSSR count). The van der Waals surface area contributed by atoms with E-state index in [2.05, 4.69) is 49.2 Å². The van der Waals surface area contributed by atoms with Gasteiger partial charge in [0.05, 0.1) is 0 Å². The molecule has 0 aromatic carbocycles. The molecule has 1 aromatic heterocycles. The van der Waals surface area contributed by atoms with Crippen molar-refractivity contribution in [3.8, 4) is 0 Å². The second-order valence-corrected chi connectivity index (χ2v) is 4.21. The first kappa shape index (κ1) is 11.3. The van der Waals surface area contributed by atoms with Crippen molar-refractivity contribution in [1.29, 1.82) is 0 Å². The lowest BCUT2D eigenvalue weighted by Gasteiger charge is -2.10. The second-order valence-electron chi connectivity index (χ2n) is 4.21. The average Bonchev–Trinajstić information content (AvgIpc) is 2.52. The van der Waals surface area contributed by atoms with Crippen molar-refractivity contribution < 1.29 is 0 Å². The fraction of sp³-hybridized carbons (Fsp3) is 0.667. The number of hydrogen-bond acceptors (Lipinski definition) is 1. The Labute approximate surface area is 87.3 Å². The van der Waals surface area contributed by atoms with Gasteiger partial charge in [0.2, 0.25) is 0 Å². The number of nitrogens with one attached hydrogen (secondary N) is 1. The summed E-state index contributed by atoms with van der Waals surface area (Å²) < 4.78 is 2.09. The Balaban J connectivity index is 2.15. The van der Waals surface area contributed by atoms with Crippen molar-refractivity contribution in [2.24, 2.45) is 13.0 Å². The summed E-state index contributed by atoms with van der Waals surface area (Å²) in [7, 11) is 2.06. The van der Waals surface area contributed by atoms with Crippen LogP contribution in [-0.4, -0.2) is 11.1 Å². The maximum Gasteiger partial charge on any atom is 0.0220 e. The van der Waals surface area contributed by atoms with Crippen molar-refractivity contribution in [3.05, 3.63) is 24.0 Å². The third-order valence-electron chi connectivity index (χ3n) is 2.50. The molecule has 0 amide bonds. The van der Waals surface area contributed by atoms with Crippen LogP contribution in [0, 0.1) is 5.92 Å². The highest BCUT2D eigenvalue weighted by molar-refractivity contribution is 5.09. The zero-order valence-corrected chi connectivity index (χ0v) is 9.59. The van der Waals surface area contributed by atoms with E-state index < -0.39 is 0 Å². The first-order valence-electron chi connectivity index (χ1n) is 5.54. The summed E-state index contributed by atoms with van der Waals surface area (Å²) in [4.78, 5) is 0. The van der Waals surface area contributed by atoms with Gasteiger partial charge in [0.25, 0.3) is 0 Å². The highest BCUT2D eigenvalue weighted by Gasteiger charge is 2.00. The number of aromatic nitrogens is 1. The van der Waals surface area contributed by atoms with Crippen LogP contribution in [0.4, 0.5) is 0 Å². The van der Waals surface area contributed by atoms with Gasteiger partial charge in [0.15, 0.2) is 0 Å². The van der Waals surface area contributed by atoms with E-state index in [-0.39, 0.29) is 0 Å². The van der Waals surface area contributed by atoms with E-state index in [1.165, 1.54) is 18.4 Å². The van der Waals surface area contributed by atoms with Crippen LogP contribution in [0.3, 0.4) is 0 Å². The van der Waals surface area contributed by atoms with E-state index in [4.69, 9.17) is 0 Å². The average molecular weight is 194 g/mol. The van der Waals surface area contributed by atoms with E-state index in [0.717, 1.165) is 19.0 Å². The van der Waals surface area contributed by atoms with Gasteiger partial charge in [0.1, 0.15) is 0 Å². The smallest absolute Gasteiger partial charge is 0.0220 e. The summed E-state index contributed by atoms with van der Waals surface area (Å²) >= 11 is 0. The Bertz CT molecular complexity index is 253. The highest BCUT2D eigenvalue weighted by atomic mass is 14.9. The van der Waals surface area contributed by atoms with Crippen molar-refractivity contribution in [3.63, 3.8) is 0 Å². The topological polar surface area (TPSA) is 17.0 Å². The minimum absolute atomic E-state index is 0.795. The van der Waals surface area contributed by atoms with Crippen LogP contribution in [0.5, 0.6) is 0 Å². The summed E-state index contributed by atoms with van der Waals surface area (Å²) in [5, 5.41) is 3.49. The van der Waals surface area contributed by atoms with Crippen molar-refractivity contribution >= 4 is 0 Å². The lowest BCUT2D eigenvalue weighted by Crippen LogP contribution is -2.20. The van der Waals surface area contributed by atoms with Gasteiger partial charge >= 0.3 is 0 Å². The minimum atomic E-state index is 0.795. The van der Waals surface area contributed by atoms with Crippen LogP contribution in [0.2, 0.25) is 0 Å². The summed E-state index contributed by atoms with van der Waals surface area (Å²) in [5.74, 6) is 0.795. The molecular weight excluding hydrogens is 172 g/mol. The highest BCUT2D eigenvalue weighted by Crippen LogP contribution is 2.04. The third kappa shape index (κ3) is 3.97. The first-order valence-corrected chi connectivity index (χ1v) is 5.54. The summed E-state index contributed by atoms with van der Waals surface area (Å²) in [6.45, 7) is 6.67. The van der Waals surface area contributed by atoms with Crippen LogP contribution in [0.15, 0.2) is 18.5 Å². The summed E-state index contributed by atoms with van der Waals surface area (Å²) in [5.41, 5.74) is 1.37. The molecule has 1 unspecified atom stereocenters. The monoisotopic (exact) mass is 194 g/mol. The lowest BCUT2D eigenvalue weighted by molar-refractivity contribution is 0.476. The minimum Gasteiger partial charge on any atom is -0.357 e. The second kappa shape index (κ2) is 5.86. The largest absolute Gasteiger partial charge is 0.357 e. The molecule has 0 saturated heterocycles. The molecule has 0 saturated carbocycles. The number of hydrogen-bond donors (Lipinski definition) is 1. The zero-order chi connectivity index (χ0) is 10.4. The molecule has 1 heterocycles. The molecule has 2 heteroatoms. The van der Waals surface area contributed by atoms with Gasteiger partial charge in [0, 0.05) is 26.0 Å². The molecule has 14 heavy (non-hydrogen) atoms. The zero-order valence-electron chi connectivity index (χ0n) is 9.59. The molecule has 1 atom stereocenters. The lowest BCUT2D eigenvalue weighted by atomic mass is 10.1. The molecule has 0 radical (unpaired) electrons. The predicted molar refractivity (Wildman–Crippen MR) is 61.2 cm³/mol. The quantitative estimate of drug-likeness (QED) is 0.736.